The van der Waals surface area contributed by atoms with Crippen molar-refractivity contribution in [1.29, 1.82) is 0 Å². The Morgan fingerprint density at radius 1 is 1.36 bits per heavy atom. The lowest BCUT2D eigenvalue weighted by Crippen LogP contribution is -2.40. The lowest BCUT2D eigenvalue weighted by atomic mass is 9.72. The molecule has 1 nitrogen and oxygen atoms in total. The minimum atomic E-state index is 0.220. The predicted molar refractivity (Wildman–Crippen MR) is 61.8 cm³/mol. The third-order valence-corrected chi connectivity index (χ3v) is 3.54. The first-order chi connectivity index (χ1) is 6.60. The van der Waals surface area contributed by atoms with E-state index in [2.05, 4.69) is 19.8 Å². The van der Waals surface area contributed by atoms with E-state index in [1.165, 1.54) is 32.1 Å². The summed E-state index contributed by atoms with van der Waals surface area (Å²) in [6.45, 7) is 4.56. The van der Waals surface area contributed by atoms with E-state index in [1.807, 2.05) is 0 Å². The van der Waals surface area contributed by atoms with Gasteiger partial charge in [-0.1, -0.05) is 26.7 Å². The van der Waals surface area contributed by atoms with Crippen molar-refractivity contribution in [2.45, 2.75) is 58.4 Å². The molecule has 0 bridgehead atoms. The standard InChI is InChI=1S/C13H23N/c1-4-7-12(14)13(10-11(2)3)8-5-6-9-13/h1,11-12H,5-10,14H2,2-3H3. The van der Waals surface area contributed by atoms with Crippen LogP contribution in [-0.4, -0.2) is 6.04 Å². The number of rotatable bonds is 4. The summed E-state index contributed by atoms with van der Waals surface area (Å²) in [6.07, 6.45) is 12.6. The van der Waals surface area contributed by atoms with Gasteiger partial charge in [-0.15, -0.1) is 12.3 Å². The van der Waals surface area contributed by atoms with Gasteiger partial charge in [-0.3, -0.25) is 0 Å². The minimum Gasteiger partial charge on any atom is -0.326 e. The van der Waals surface area contributed by atoms with E-state index >= 15 is 0 Å². The second-order valence-corrected chi connectivity index (χ2v) is 5.18. The minimum absolute atomic E-state index is 0.220. The molecular weight excluding hydrogens is 170 g/mol. The molecule has 0 amide bonds. The van der Waals surface area contributed by atoms with Crippen LogP contribution in [0.1, 0.15) is 52.4 Å². The van der Waals surface area contributed by atoms with Gasteiger partial charge < -0.3 is 5.73 Å². The monoisotopic (exact) mass is 193 g/mol. The Labute approximate surface area is 88.5 Å². The van der Waals surface area contributed by atoms with E-state index in [1.54, 1.807) is 0 Å². The third-order valence-electron chi connectivity index (χ3n) is 3.54. The number of hydrogen-bond donors (Lipinski definition) is 1. The fourth-order valence-electron chi connectivity index (χ4n) is 2.96. The number of terminal acetylenes is 1. The predicted octanol–water partition coefficient (Wildman–Crippen LogP) is 2.94. The van der Waals surface area contributed by atoms with Crippen molar-refractivity contribution in [2.24, 2.45) is 17.1 Å². The molecule has 0 aromatic rings. The van der Waals surface area contributed by atoms with Crippen molar-refractivity contribution in [3.63, 3.8) is 0 Å². The molecule has 1 fully saturated rings. The Morgan fingerprint density at radius 3 is 2.36 bits per heavy atom. The Kier molecular flexibility index (Phi) is 4.01. The Morgan fingerprint density at radius 2 is 1.93 bits per heavy atom. The molecular formula is C13H23N. The van der Waals surface area contributed by atoms with Crippen LogP contribution in [0.25, 0.3) is 0 Å². The van der Waals surface area contributed by atoms with E-state index < -0.39 is 0 Å². The van der Waals surface area contributed by atoms with Gasteiger partial charge >= 0.3 is 0 Å². The average Bonchev–Trinajstić information content (AvgIpc) is 2.53. The van der Waals surface area contributed by atoms with Crippen LogP contribution in [0, 0.1) is 23.7 Å². The molecule has 1 aliphatic carbocycles. The fourth-order valence-corrected chi connectivity index (χ4v) is 2.96. The van der Waals surface area contributed by atoms with E-state index in [-0.39, 0.29) is 6.04 Å². The quantitative estimate of drug-likeness (QED) is 0.683. The topological polar surface area (TPSA) is 26.0 Å². The van der Waals surface area contributed by atoms with Crippen LogP contribution in [0.15, 0.2) is 0 Å². The van der Waals surface area contributed by atoms with E-state index in [0.717, 1.165) is 12.3 Å². The first-order valence-corrected chi connectivity index (χ1v) is 5.80. The molecule has 14 heavy (non-hydrogen) atoms. The summed E-state index contributed by atoms with van der Waals surface area (Å²) in [4.78, 5) is 0. The smallest absolute Gasteiger partial charge is 0.0243 e. The zero-order valence-electron chi connectivity index (χ0n) is 9.55. The zero-order chi connectivity index (χ0) is 10.6. The lowest BCUT2D eigenvalue weighted by molar-refractivity contribution is 0.184. The van der Waals surface area contributed by atoms with Gasteiger partial charge in [0, 0.05) is 12.5 Å². The maximum Gasteiger partial charge on any atom is 0.0243 e. The molecule has 1 rings (SSSR count). The molecule has 0 heterocycles. The zero-order valence-corrected chi connectivity index (χ0v) is 9.55. The third kappa shape index (κ3) is 2.51. The average molecular weight is 193 g/mol. The summed E-state index contributed by atoms with van der Waals surface area (Å²) in [6, 6.07) is 0.220. The maximum absolute atomic E-state index is 6.23. The summed E-state index contributed by atoms with van der Waals surface area (Å²) >= 11 is 0. The Balaban J connectivity index is 2.66. The van der Waals surface area contributed by atoms with Crippen LogP contribution >= 0.6 is 0 Å². The number of hydrogen-bond acceptors (Lipinski definition) is 1. The van der Waals surface area contributed by atoms with Crippen LogP contribution in [0.5, 0.6) is 0 Å². The summed E-state index contributed by atoms with van der Waals surface area (Å²) in [5.74, 6) is 3.45. The normalized spacial score (nSPS) is 22.2. The van der Waals surface area contributed by atoms with Gasteiger partial charge in [0.2, 0.25) is 0 Å². The van der Waals surface area contributed by atoms with Crippen LogP contribution in [0.2, 0.25) is 0 Å². The molecule has 0 saturated heterocycles. The molecule has 0 aromatic carbocycles. The highest BCUT2D eigenvalue weighted by molar-refractivity contribution is 5.00. The molecule has 0 aromatic heterocycles. The van der Waals surface area contributed by atoms with Crippen LogP contribution in [0.3, 0.4) is 0 Å². The second kappa shape index (κ2) is 4.84. The lowest BCUT2D eigenvalue weighted by Gasteiger charge is -2.36. The van der Waals surface area contributed by atoms with Gasteiger partial charge in [-0.2, -0.15) is 0 Å². The van der Waals surface area contributed by atoms with Gasteiger partial charge in [0.15, 0.2) is 0 Å². The van der Waals surface area contributed by atoms with Crippen molar-refractivity contribution in [2.75, 3.05) is 0 Å². The second-order valence-electron chi connectivity index (χ2n) is 5.18. The van der Waals surface area contributed by atoms with Crippen molar-refractivity contribution >= 4 is 0 Å². The largest absolute Gasteiger partial charge is 0.326 e. The molecule has 80 valence electrons. The summed E-state index contributed by atoms with van der Waals surface area (Å²) in [5.41, 5.74) is 6.59. The molecule has 0 radical (unpaired) electrons. The fraction of sp³-hybridized carbons (Fsp3) is 0.846. The Bertz CT molecular complexity index is 206. The van der Waals surface area contributed by atoms with Gasteiger partial charge in [0.25, 0.3) is 0 Å². The van der Waals surface area contributed by atoms with Crippen molar-refractivity contribution in [3.8, 4) is 12.3 Å². The molecule has 1 heteroatoms. The summed E-state index contributed by atoms with van der Waals surface area (Å²) in [7, 11) is 0. The SMILES string of the molecule is C#CCC(N)C1(CC(C)C)CCCC1. The molecule has 1 aliphatic rings. The van der Waals surface area contributed by atoms with E-state index in [9.17, 15) is 0 Å². The molecule has 2 N–H and O–H groups in total. The highest BCUT2D eigenvalue weighted by Crippen LogP contribution is 2.45. The van der Waals surface area contributed by atoms with Crippen LogP contribution < -0.4 is 5.73 Å². The molecule has 0 aliphatic heterocycles. The van der Waals surface area contributed by atoms with Gasteiger partial charge in [-0.05, 0) is 30.6 Å². The number of nitrogens with two attached hydrogens (primary N) is 1. The molecule has 1 atom stereocenters. The van der Waals surface area contributed by atoms with Gasteiger partial charge in [0.05, 0.1) is 0 Å². The van der Waals surface area contributed by atoms with E-state index in [4.69, 9.17) is 12.2 Å². The molecule has 1 saturated carbocycles. The highest BCUT2D eigenvalue weighted by Gasteiger charge is 2.39. The van der Waals surface area contributed by atoms with Crippen LogP contribution in [0.4, 0.5) is 0 Å². The highest BCUT2D eigenvalue weighted by atomic mass is 14.7. The molecule has 0 spiro atoms. The maximum atomic E-state index is 6.23. The van der Waals surface area contributed by atoms with Crippen molar-refractivity contribution in [3.05, 3.63) is 0 Å². The Hall–Kier alpha value is -0.480. The van der Waals surface area contributed by atoms with Crippen molar-refractivity contribution in [1.82, 2.24) is 0 Å². The first-order valence-electron chi connectivity index (χ1n) is 5.80. The first kappa shape index (κ1) is 11.6. The van der Waals surface area contributed by atoms with Crippen molar-refractivity contribution < 1.29 is 0 Å². The van der Waals surface area contributed by atoms with Gasteiger partial charge in [0.1, 0.15) is 0 Å². The van der Waals surface area contributed by atoms with Crippen LogP contribution in [-0.2, 0) is 0 Å². The summed E-state index contributed by atoms with van der Waals surface area (Å²) < 4.78 is 0. The molecule has 1 unspecified atom stereocenters. The van der Waals surface area contributed by atoms with Gasteiger partial charge in [-0.25, -0.2) is 0 Å². The summed E-state index contributed by atoms with van der Waals surface area (Å²) in [5, 5.41) is 0. The van der Waals surface area contributed by atoms with E-state index in [0.29, 0.717) is 5.41 Å².